The van der Waals surface area contributed by atoms with Gasteiger partial charge in [0.05, 0.1) is 7.05 Å². The van der Waals surface area contributed by atoms with Crippen LogP contribution in [0.3, 0.4) is 0 Å². The van der Waals surface area contributed by atoms with Gasteiger partial charge in [0.1, 0.15) is 6.54 Å². The second-order valence-electron chi connectivity index (χ2n) is 6.86. The van der Waals surface area contributed by atoms with Gasteiger partial charge in [-0.25, -0.2) is 0 Å². The number of aromatic nitrogens is 1. The summed E-state index contributed by atoms with van der Waals surface area (Å²) in [4.78, 5) is 25.4. The van der Waals surface area contributed by atoms with Crippen LogP contribution in [0.4, 0.5) is 0 Å². The minimum Gasteiger partial charge on any atom is -0.385 e. The van der Waals surface area contributed by atoms with Crippen LogP contribution in [0.1, 0.15) is 41.0 Å². The molecule has 1 aliphatic rings. The number of ether oxygens (including phenoxy) is 1. The summed E-state index contributed by atoms with van der Waals surface area (Å²) in [5.41, 5.74) is 2.87. The number of quaternary nitrogens is 1. The number of rotatable bonds is 10. The number of hydrogen-bond donors (Lipinski definition) is 2. The average Bonchev–Trinajstić information content (AvgIpc) is 3.26. The lowest BCUT2D eigenvalue weighted by Gasteiger charge is -2.13. The zero-order chi connectivity index (χ0) is 17.7. The first-order valence-electron chi connectivity index (χ1n) is 8.72. The van der Waals surface area contributed by atoms with Crippen LogP contribution in [0.5, 0.6) is 0 Å². The molecule has 0 saturated heterocycles. The fourth-order valence-corrected chi connectivity index (χ4v) is 3.01. The zero-order valence-electron chi connectivity index (χ0n) is 15.3. The van der Waals surface area contributed by atoms with E-state index in [2.05, 4.69) is 9.88 Å². The van der Waals surface area contributed by atoms with Gasteiger partial charge in [0.2, 0.25) is 5.78 Å². The van der Waals surface area contributed by atoms with Gasteiger partial charge in [0.25, 0.3) is 5.91 Å². The topological polar surface area (TPSA) is 64.8 Å². The summed E-state index contributed by atoms with van der Waals surface area (Å²) in [7, 11) is 3.59. The van der Waals surface area contributed by atoms with Gasteiger partial charge in [-0.05, 0) is 39.2 Å². The molecule has 24 heavy (non-hydrogen) atoms. The normalized spacial score (nSPS) is 15.3. The molecule has 134 valence electrons. The second-order valence-corrected chi connectivity index (χ2v) is 6.86. The maximum absolute atomic E-state index is 12.6. The Morgan fingerprint density at radius 1 is 1.33 bits per heavy atom. The molecule has 2 rings (SSSR count). The van der Waals surface area contributed by atoms with Crippen molar-refractivity contribution < 1.29 is 19.2 Å². The van der Waals surface area contributed by atoms with Crippen molar-refractivity contribution in [1.82, 2.24) is 9.88 Å². The number of aryl methyl sites for hydroxylation is 1. The molecule has 1 amide bonds. The molecule has 0 bridgehead atoms. The highest BCUT2D eigenvalue weighted by Crippen LogP contribution is 2.18. The fourth-order valence-electron chi connectivity index (χ4n) is 3.01. The number of nitrogens with one attached hydrogen (secondary N) is 2. The van der Waals surface area contributed by atoms with Gasteiger partial charge in [-0.2, -0.15) is 0 Å². The van der Waals surface area contributed by atoms with Crippen molar-refractivity contribution in [1.29, 1.82) is 0 Å². The Morgan fingerprint density at radius 3 is 2.67 bits per heavy atom. The number of Topliss-reactive ketones (excluding diaryl/α,β-unsaturated/α-hetero) is 1. The molecule has 0 spiro atoms. The molecule has 1 aromatic heterocycles. The summed E-state index contributed by atoms with van der Waals surface area (Å²) in [6.45, 7) is 6.25. The van der Waals surface area contributed by atoms with Crippen molar-refractivity contribution in [3.63, 3.8) is 0 Å². The number of likely N-dealkylation sites (N-methyl/N-ethyl adjacent to an activating group) is 1. The molecule has 1 unspecified atom stereocenters. The minimum absolute atomic E-state index is 0.0350. The Labute approximate surface area is 144 Å². The third kappa shape index (κ3) is 5.18. The summed E-state index contributed by atoms with van der Waals surface area (Å²) in [5, 5.41) is 2.96. The summed E-state index contributed by atoms with van der Waals surface area (Å²) < 4.78 is 7.27. The predicted molar refractivity (Wildman–Crippen MR) is 92.5 cm³/mol. The van der Waals surface area contributed by atoms with Crippen molar-refractivity contribution in [2.75, 3.05) is 33.9 Å². The molecule has 6 nitrogen and oxygen atoms in total. The Hall–Kier alpha value is -1.66. The third-order valence-corrected chi connectivity index (χ3v) is 4.47. The number of carbonyl (C=O) groups excluding carboxylic acids is 2. The van der Waals surface area contributed by atoms with Crippen molar-refractivity contribution in [3.05, 3.63) is 23.0 Å². The molecule has 1 aliphatic carbocycles. The molecule has 1 fully saturated rings. The first kappa shape index (κ1) is 18.7. The molecule has 0 radical (unpaired) electrons. The minimum atomic E-state index is 0.0350. The molecular formula is C18H30N3O3+. The van der Waals surface area contributed by atoms with Gasteiger partial charge in [-0.3, -0.25) is 9.59 Å². The lowest BCUT2D eigenvalue weighted by molar-refractivity contribution is -0.862. The number of ketones is 1. The summed E-state index contributed by atoms with van der Waals surface area (Å²) in [6, 6.07) is 2.33. The highest BCUT2D eigenvalue weighted by atomic mass is 16.5. The third-order valence-electron chi connectivity index (χ3n) is 4.47. The van der Waals surface area contributed by atoms with Crippen molar-refractivity contribution in [2.24, 2.45) is 0 Å². The smallest absolute Gasteiger partial charge is 0.275 e. The summed E-state index contributed by atoms with van der Waals surface area (Å²) in [5.74, 6) is 0.130. The molecule has 1 aromatic rings. The van der Waals surface area contributed by atoms with E-state index < -0.39 is 0 Å². The van der Waals surface area contributed by atoms with Gasteiger partial charge in [0.15, 0.2) is 6.54 Å². The first-order chi connectivity index (χ1) is 11.4. The molecule has 6 heteroatoms. The van der Waals surface area contributed by atoms with E-state index in [-0.39, 0.29) is 11.7 Å². The number of nitrogens with zero attached hydrogens (tertiary/aromatic N) is 1. The van der Waals surface area contributed by atoms with E-state index in [9.17, 15) is 9.59 Å². The van der Waals surface area contributed by atoms with Crippen LogP contribution in [0.2, 0.25) is 0 Å². The first-order valence-corrected chi connectivity index (χ1v) is 8.72. The maximum atomic E-state index is 12.6. The van der Waals surface area contributed by atoms with Crippen LogP contribution in [-0.2, 0) is 16.1 Å². The van der Waals surface area contributed by atoms with Crippen LogP contribution < -0.4 is 10.2 Å². The van der Waals surface area contributed by atoms with Crippen LogP contribution in [-0.4, -0.2) is 56.2 Å². The molecule has 1 atom stereocenters. The Kier molecular flexibility index (Phi) is 6.57. The van der Waals surface area contributed by atoms with E-state index in [1.807, 2.05) is 27.0 Å². The lowest BCUT2D eigenvalue weighted by atomic mass is 10.1. The van der Waals surface area contributed by atoms with Crippen LogP contribution in [0.25, 0.3) is 0 Å². The lowest BCUT2D eigenvalue weighted by Crippen LogP contribution is -3.11. The van der Waals surface area contributed by atoms with E-state index in [0.29, 0.717) is 25.7 Å². The SMILES string of the molecule is COCCCn1c(C)cc(C(=O)C[NH+](C)CC(=O)NC2CC2)c1C. The fraction of sp³-hybridized carbons (Fsp3) is 0.667. The number of amides is 1. The van der Waals surface area contributed by atoms with E-state index in [0.717, 1.165) is 47.7 Å². The van der Waals surface area contributed by atoms with Gasteiger partial charge in [-0.15, -0.1) is 0 Å². The number of carbonyl (C=O) groups is 2. The molecule has 1 saturated carbocycles. The van der Waals surface area contributed by atoms with Crippen molar-refractivity contribution in [3.8, 4) is 0 Å². The highest BCUT2D eigenvalue weighted by molar-refractivity contribution is 5.98. The molecule has 0 aliphatic heterocycles. The Bertz CT molecular complexity index is 591. The van der Waals surface area contributed by atoms with E-state index >= 15 is 0 Å². The second kappa shape index (κ2) is 8.44. The van der Waals surface area contributed by atoms with Crippen LogP contribution >= 0.6 is 0 Å². The zero-order valence-corrected chi connectivity index (χ0v) is 15.3. The highest BCUT2D eigenvalue weighted by Gasteiger charge is 2.25. The monoisotopic (exact) mass is 336 g/mol. The van der Waals surface area contributed by atoms with Crippen molar-refractivity contribution in [2.45, 2.75) is 45.7 Å². The molecule has 0 aromatic carbocycles. The molecule has 2 N–H and O–H groups in total. The Balaban J connectivity index is 1.90. The van der Waals surface area contributed by atoms with E-state index in [4.69, 9.17) is 4.74 Å². The maximum Gasteiger partial charge on any atom is 0.275 e. The largest absolute Gasteiger partial charge is 0.385 e. The number of hydrogen-bond acceptors (Lipinski definition) is 3. The van der Waals surface area contributed by atoms with Gasteiger partial charge >= 0.3 is 0 Å². The van der Waals surface area contributed by atoms with Gasteiger partial charge in [0, 0.05) is 43.3 Å². The van der Waals surface area contributed by atoms with E-state index in [1.54, 1.807) is 7.11 Å². The quantitative estimate of drug-likeness (QED) is 0.471. The van der Waals surface area contributed by atoms with Gasteiger partial charge < -0.3 is 19.5 Å². The number of methoxy groups -OCH3 is 1. The van der Waals surface area contributed by atoms with Crippen molar-refractivity contribution >= 4 is 11.7 Å². The summed E-state index contributed by atoms with van der Waals surface area (Å²) in [6.07, 6.45) is 3.09. The van der Waals surface area contributed by atoms with Crippen LogP contribution in [0, 0.1) is 13.8 Å². The van der Waals surface area contributed by atoms with E-state index in [1.165, 1.54) is 0 Å². The van der Waals surface area contributed by atoms with Crippen LogP contribution in [0.15, 0.2) is 6.07 Å². The summed E-state index contributed by atoms with van der Waals surface area (Å²) >= 11 is 0. The predicted octanol–water partition coefficient (Wildman–Crippen LogP) is 0.117. The standard InChI is InChI=1S/C18H29N3O3/c1-13-10-16(14(2)21(13)8-5-9-24-4)17(22)11-20(3)12-18(23)19-15-6-7-15/h10,15H,5-9,11-12H2,1-4H3,(H,19,23)/p+1. The Morgan fingerprint density at radius 2 is 2.04 bits per heavy atom. The average molecular weight is 336 g/mol. The molecular weight excluding hydrogens is 306 g/mol. The van der Waals surface area contributed by atoms with Gasteiger partial charge in [-0.1, -0.05) is 0 Å². The molecule has 1 heterocycles.